The molecule has 0 spiro atoms. The van der Waals surface area contributed by atoms with Crippen LogP contribution < -0.4 is 0 Å². The first kappa shape index (κ1) is 6.98. The fourth-order valence-electron chi connectivity index (χ4n) is 1.00. The van der Waals surface area contributed by atoms with E-state index in [0.717, 1.165) is 11.3 Å². The first-order chi connectivity index (χ1) is 5.97. The Morgan fingerprint density at radius 1 is 0.917 bits per heavy atom. The third-order valence-corrected chi connectivity index (χ3v) is 1.56. The highest BCUT2D eigenvalue weighted by atomic mass is 16.5. The Balaban J connectivity index is 2.26. The molecule has 1 aromatic rings. The number of ether oxygens (including phenoxy) is 2. The minimum Gasteiger partial charge on any atom is -0.465 e. The summed E-state index contributed by atoms with van der Waals surface area (Å²) in [5, 5.41) is 0. The molecular weight excluding hydrogens is 152 g/mol. The van der Waals surface area contributed by atoms with Crippen LogP contribution in [0.1, 0.15) is 5.56 Å². The standard InChI is InChI=1S/C10H8O2/c1-2-4-9(5-3-1)10-8-11-6-7-12-10/h1-8H. The summed E-state index contributed by atoms with van der Waals surface area (Å²) >= 11 is 0. The van der Waals surface area contributed by atoms with Crippen LogP contribution in [-0.4, -0.2) is 0 Å². The summed E-state index contributed by atoms with van der Waals surface area (Å²) in [5.74, 6) is 0.734. The van der Waals surface area contributed by atoms with Crippen LogP contribution in [0.25, 0.3) is 5.76 Å². The lowest BCUT2D eigenvalue weighted by atomic mass is 10.2. The van der Waals surface area contributed by atoms with Crippen molar-refractivity contribution in [1.29, 1.82) is 0 Å². The second kappa shape index (κ2) is 3.13. The molecule has 0 N–H and O–H groups in total. The number of hydrogen-bond donors (Lipinski definition) is 0. The van der Waals surface area contributed by atoms with Crippen molar-refractivity contribution in [3.05, 3.63) is 54.7 Å². The fourth-order valence-corrected chi connectivity index (χ4v) is 1.00. The molecule has 0 amide bonds. The zero-order valence-corrected chi connectivity index (χ0v) is 6.44. The van der Waals surface area contributed by atoms with E-state index in [1.54, 1.807) is 6.26 Å². The van der Waals surface area contributed by atoms with Gasteiger partial charge in [-0.2, -0.15) is 0 Å². The van der Waals surface area contributed by atoms with E-state index in [1.807, 2.05) is 30.3 Å². The Morgan fingerprint density at radius 3 is 2.42 bits per heavy atom. The van der Waals surface area contributed by atoms with Gasteiger partial charge >= 0.3 is 0 Å². The van der Waals surface area contributed by atoms with Gasteiger partial charge in [-0.05, 0) is 0 Å². The Hall–Kier alpha value is -1.70. The zero-order chi connectivity index (χ0) is 8.23. The minimum atomic E-state index is 0.734. The molecule has 0 bridgehead atoms. The molecule has 0 atom stereocenters. The predicted molar refractivity (Wildman–Crippen MR) is 45.7 cm³/mol. The van der Waals surface area contributed by atoms with Crippen molar-refractivity contribution in [2.75, 3.05) is 0 Å². The molecule has 0 radical (unpaired) electrons. The molecule has 2 heteroatoms. The van der Waals surface area contributed by atoms with Crippen molar-refractivity contribution in [3.63, 3.8) is 0 Å². The molecule has 0 aromatic heterocycles. The summed E-state index contributed by atoms with van der Waals surface area (Å²) in [6.07, 6.45) is 4.59. The van der Waals surface area contributed by atoms with Crippen LogP contribution in [0.3, 0.4) is 0 Å². The van der Waals surface area contributed by atoms with Crippen molar-refractivity contribution in [1.82, 2.24) is 0 Å². The van der Waals surface area contributed by atoms with Crippen LogP contribution in [0.5, 0.6) is 0 Å². The minimum absolute atomic E-state index is 0.734. The third kappa shape index (κ3) is 1.32. The van der Waals surface area contributed by atoms with Gasteiger partial charge in [0.05, 0.1) is 0 Å². The quantitative estimate of drug-likeness (QED) is 0.628. The Kier molecular flexibility index (Phi) is 1.82. The average molecular weight is 160 g/mol. The van der Waals surface area contributed by atoms with Gasteiger partial charge in [-0.3, -0.25) is 0 Å². The van der Waals surface area contributed by atoms with Crippen LogP contribution in [0.2, 0.25) is 0 Å². The molecule has 0 unspecified atom stereocenters. The topological polar surface area (TPSA) is 18.5 Å². The van der Waals surface area contributed by atoms with Gasteiger partial charge in [0.25, 0.3) is 0 Å². The first-order valence-corrected chi connectivity index (χ1v) is 3.69. The van der Waals surface area contributed by atoms with E-state index < -0.39 is 0 Å². The summed E-state index contributed by atoms with van der Waals surface area (Å²) < 4.78 is 10.2. The van der Waals surface area contributed by atoms with Crippen LogP contribution in [0.15, 0.2) is 49.1 Å². The van der Waals surface area contributed by atoms with Crippen molar-refractivity contribution >= 4 is 5.76 Å². The van der Waals surface area contributed by atoms with Crippen molar-refractivity contribution in [3.8, 4) is 0 Å². The molecule has 0 saturated heterocycles. The number of rotatable bonds is 1. The molecule has 1 aliphatic heterocycles. The number of hydrogen-bond acceptors (Lipinski definition) is 2. The van der Waals surface area contributed by atoms with Gasteiger partial charge in [0.1, 0.15) is 18.8 Å². The largest absolute Gasteiger partial charge is 0.465 e. The normalized spacial score (nSPS) is 14.5. The van der Waals surface area contributed by atoms with Gasteiger partial charge < -0.3 is 9.47 Å². The molecule has 2 nitrogen and oxygen atoms in total. The van der Waals surface area contributed by atoms with Gasteiger partial charge in [-0.15, -0.1) is 0 Å². The summed E-state index contributed by atoms with van der Waals surface area (Å²) in [4.78, 5) is 0. The van der Waals surface area contributed by atoms with Gasteiger partial charge in [0, 0.05) is 5.56 Å². The lowest BCUT2D eigenvalue weighted by molar-refractivity contribution is 0.312. The smallest absolute Gasteiger partial charge is 0.168 e. The van der Waals surface area contributed by atoms with E-state index in [1.165, 1.54) is 12.5 Å². The van der Waals surface area contributed by atoms with E-state index in [4.69, 9.17) is 9.47 Å². The van der Waals surface area contributed by atoms with Crippen LogP contribution in [-0.2, 0) is 9.47 Å². The summed E-state index contributed by atoms with van der Waals surface area (Å²) in [6.45, 7) is 0. The Morgan fingerprint density at radius 2 is 1.75 bits per heavy atom. The van der Waals surface area contributed by atoms with Crippen LogP contribution in [0, 0.1) is 0 Å². The molecule has 0 saturated carbocycles. The molecule has 0 aliphatic carbocycles. The monoisotopic (exact) mass is 160 g/mol. The third-order valence-electron chi connectivity index (χ3n) is 1.56. The maximum Gasteiger partial charge on any atom is 0.168 e. The van der Waals surface area contributed by atoms with E-state index in [-0.39, 0.29) is 0 Å². The van der Waals surface area contributed by atoms with E-state index >= 15 is 0 Å². The summed E-state index contributed by atoms with van der Waals surface area (Å²) in [6, 6.07) is 9.81. The molecular formula is C10H8O2. The molecule has 1 aliphatic rings. The van der Waals surface area contributed by atoms with E-state index in [2.05, 4.69) is 0 Å². The molecule has 1 heterocycles. The Bertz CT molecular complexity index is 312. The maximum absolute atomic E-state index is 5.22. The zero-order valence-electron chi connectivity index (χ0n) is 6.44. The van der Waals surface area contributed by atoms with Crippen molar-refractivity contribution in [2.45, 2.75) is 0 Å². The summed E-state index contributed by atoms with van der Waals surface area (Å²) in [5.41, 5.74) is 1.02. The SMILES string of the molecule is C1=COC(c2ccccc2)=CO1. The average Bonchev–Trinajstić information content (AvgIpc) is 2.21. The van der Waals surface area contributed by atoms with Gasteiger partial charge in [-0.1, -0.05) is 30.3 Å². The maximum atomic E-state index is 5.22. The van der Waals surface area contributed by atoms with Crippen LogP contribution in [0.4, 0.5) is 0 Å². The van der Waals surface area contributed by atoms with Gasteiger partial charge in [0.15, 0.2) is 5.76 Å². The van der Waals surface area contributed by atoms with Crippen LogP contribution >= 0.6 is 0 Å². The highest BCUT2D eigenvalue weighted by Gasteiger charge is 2.02. The van der Waals surface area contributed by atoms with Crippen molar-refractivity contribution < 1.29 is 9.47 Å². The van der Waals surface area contributed by atoms with E-state index in [0.29, 0.717) is 0 Å². The van der Waals surface area contributed by atoms with Crippen molar-refractivity contribution in [2.24, 2.45) is 0 Å². The van der Waals surface area contributed by atoms with Gasteiger partial charge in [-0.25, -0.2) is 0 Å². The second-order valence-corrected chi connectivity index (χ2v) is 2.37. The second-order valence-electron chi connectivity index (χ2n) is 2.37. The molecule has 0 fully saturated rings. The fraction of sp³-hybridized carbons (Fsp3) is 0. The predicted octanol–water partition coefficient (Wildman–Crippen LogP) is 2.50. The molecule has 2 rings (SSSR count). The Labute approximate surface area is 70.7 Å². The first-order valence-electron chi connectivity index (χ1n) is 3.69. The number of benzene rings is 1. The highest BCUT2D eigenvalue weighted by Crippen LogP contribution is 2.18. The summed E-state index contributed by atoms with van der Waals surface area (Å²) in [7, 11) is 0. The lowest BCUT2D eigenvalue weighted by Crippen LogP contribution is -1.90. The highest BCUT2D eigenvalue weighted by molar-refractivity contribution is 5.59. The molecule has 12 heavy (non-hydrogen) atoms. The lowest BCUT2D eigenvalue weighted by Gasteiger charge is -2.08. The molecule has 60 valence electrons. The molecule has 1 aromatic carbocycles. The van der Waals surface area contributed by atoms with E-state index in [9.17, 15) is 0 Å². The van der Waals surface area contributed by atoms with Gasteiger partial charge in [0.2, 0.25) is 0 Å².